The summed E-state index contributed by atoms with van der Waals surface area (Å²) in [5, 5.41) is 5.70. The first-order valence-electron chi connectivity index (χ1n) is 5.38. The van der Waals surface area contributed by atoms with Gasteiger partial charge in [-0.05, 0) is 26.9 Å². The Morgan fingerprint density at radius 2 is 2.27 bits per heavy atom. The quantitative estimate of drug-likeness (QED) is 0.609. The van der Waals surface area contributed by atoms with Crippen LogP contribution in [-0.2, 0) is 9.59 Å². The third-order valence-electron chi connectivity index (χ3n) is 2.52. The molecule has 0 saturated carbocycles. The molecule has 15 heavy (non-hydrogen) atoms. The SMILES string of the molecule is CNCCCN1CCC(=O)NC(C)C1=O. The fraction of sp³-hybridized carbons (Fsp3) is 0.800. The Hall–Kier alpha value is -1.10. The highest BCUT2D eigenvalue weighted by Crippen LogP contribution is 2.03. The Bertz CT molecular complexity index is 243. The number of carbonyl (C=O) groups is 2. The van der Waals surface area contributed by atoms with E-state index in [2.05, 4.69) is 10.6 Å². The first kappa shape index (κ1) is 12.0. The van der Waals surface area contributed by atoms with Crippen molar-refractivity contribution in [2.75, 3.05) is 26.7 Å². The zero-order chi connectivity index (χ0) is 11.3. The molecule has 0 aliphatic carbocycles. The van der Waals surface area contributed by atoms with Crippen LogP contribution in [0.3, 0.4) is 0 Å². The van der Waals surface area contributed by atoms with Gasteiger partial charge in [0.15, 0.2) is 0 Å². The van der Waals surface area contributed by atoms with E-state index in [0.29, 0.717) is 13.0 Å². The molecule has 1 unspecified atom stereocenters. The van der Waals surface area contributed by atoms with Crippen molar-refractivity contribution in [1.82, 2.24) is 15.5 Å². The number of amides is 2. The van der Waals surface area contributed by atoms with Gasteiger partial charge in [0.1, 0.15) is 6.04 Å². The smallest absolute Gasteiger partial charge is 0.244 e. The van der Waals surface area contributed by atoms with Crippen LogP contribution < -0.4 is 10.6 Å². The van der Waals surface area contributed by atoms with E-state index in [9.17, 15) is 9.59 Å². The second-order valence-corrected chi connectivity index (χ2v) is 3.82. The predicted octanol–water partition coefficient (Wildman–Crippen LogP) is -0.667. The minimum atomic E-state index is -0.380. The first-order valence-corrected chi connectivity index (χ1v) is 5.38. The number of hydrogen-bond donors (Lipinski definition) is 2. The standard InChI is InChI=1S/C10H19N3O2/c1-8-10(15)13(6-3-5-11-2)7-4-9(14)12-8/h8,11H,3-7H2,1-2H3,(H,12,14). The number of nitrogens with one attached hydrogen (secondary N) is 2. The lowest BCUT2D eigenvalue weighted by Gasteiger charge is -2.21. The Morgan fingerprint density at radius 3 is 2.93 bits per heavy atom. The molecule has 2 amide bonds. The summed E-state index contributed by atoms with van der Waals surface area (Å²) in [7, 11) is 1.89. The Kier molecular flexibility index (Phi) is 4.55. The summed E-state index contributed by atoms with van der Waals surface area (Å²) >= 11 is 0. The molecule has 0 radical (unpaired) electrons. The topological polar surface area (TPSA) is 61.4 Å². The summed E-state index contributed by atoms with van der Waals surface area (Å²) in [5.74, 6) is -0.0103. The van der Waals surface area contributed by atoms with E-state index >= 15 is 0 Å². The van der Waals surface area contributed by atoms with Crippen LogP contribution in [0, 0.1) is 0 Å². The molecule has 86 valence electrons. The summed E-state index contributed by atoms with van der Waals surface area (Å²) in [4.78, 5) is 24.8. The molecule has 0 bridgehead atoms. The molecule has 2 N–H and O–H groups in total. The second-order valence-electron chi connectivity index (χ2n) is 3.82. The zero-order valence-electron chi connectivity index (χ0n) is 9.38. The van der Waals surface area contributed by atoms with Gasteiger partial charge in [-0.2, -0.15) is 0 Å². The highest BCUT2D eigenvalue weighted by molar-refractivity contribution is 5.89. The van der Waals surface area contributed by atoms with Crippen LogP contribution in [0.4, 0.5) is 0 Å². The van der Waals surface area contributed by atoms with E-state index in [-0.39, 0.29) is 17.9 Å². The molecular formula is C10H19N3O2. The van der Waals surface area contributed by atoms with Crippen molar-refractivity contribution in [2.45, 2.75) is 25.8 Å². The summed E-state index contributed by atoms with van der Waals surface area (Å²) in [6.45, 7) is 3.88. The average molecular weight is 213 g/mol. The minimum Gasteiger partial charge on any atom is -0.345 e. The van der Waals surface area contributed by atoms with Crippen molar-refractivity contribution < 1.29 is 9.59 Å². The molecule has 0 aromatic heterocycles. The van der Waals surface area contributed by atoms with Crippen molar-refractivity contribution in [2.24, 2.45) is 0 Å². The summed E-state index contributed by atoms with van der Waals surface area (Å²) in [6, 6.07) is -0.380. The number of hydrogen-bond acceptors (Lipinski definition) is 3. The highest BCUT2D eigenvalue weighted by atomic mass is 16.2. The maximum absolute atomic E-state index is 11.8. The lowest BCUT2D eigenvalue weighted by Crippen LogP contribution is -2.43. The molecule has 1 aliphatic heterocycles. The molecule has 1 aliphatic rings. The molecule has 1 rings (SSSR count). The van der Waals surface area contributed by atoms with Crippen LogP contribution in [0.25, 0.3) is 0 Å². The van der Waals surface area contributed by atoms with E-state index in [1.165, 1.54) is 0 Å². The van der Waals surface area contributed by atoms with Gasteiger partial charge in [0.2, 0.25) is 11.8 Å². The summed E-state index contributed by atoms with van der Waals surface area (Å²) < 4.78 is 0. The van der Waals surface area contributed by atoms with Gasteiger partial charge in [-0.3, -0.25) is 9.59 Å². The molecule has 1 saturated heterocycles. The normalized spacial score (nSPS) is 22.5. The molecule has 5 heteroatoms. The molecule has 1 heterocycles. The maximum atomic E-state index is 11.8. The summed E-state index contributed by atoms with van der Waals surface area (Å²) in [5.41, 5.74) is 0. The first-order chi connectivity index (χ1) is 7.15. The largest absolute Gasteiger partial charge is 0.345 e. The van der Waals surface area contributed by atoms with E-state index in [1.54, 1.807) is 11.8 Å². The molecule has 0 aromatic rings. The average Bonchev–Trinajstić information content (AvgIpc) is 2.31. The lowest BCUT2D eigenvalue weighted by molar-refractivity contribution is -0.133. The van der Waals surface area contributed by atoms with E-state index in [1.807, 2.05) is 7.05 Å². The third kappa shape index (κ3) is 3.51. The van der Waals surface area contributed by atoms with Gasteiger partial charge in [0, 0.05) is 19.5 Å². The van der Waals surface area contributed by atoms with Crippen LogP contribution in [0.15, 0.2) is 0 Å². The van der Waals surface area contributed by atoms with Crippen molar-refractivity contribution in [3.8, 4) is 0 Å². The van der Waals surface area contributed by atoms with Gasteiger partial charge in [-0.25, -0.2) is 0 Å². The highest BCUT2D eigenvalue weighted by Gasteiger charge is 2.25. The molecule has 1 fully saturated rings. The predicted molar refractivity (Wildman–Crippen MR) is 57.3 cm³/mol. The Morgan fingerprint density at radius 1 is 1.53 bits per heavy atom. The summed E-state index contributed by atoms with van der Waals surface area (Å²) in [6.07, 6.45) is 1.33. The molecule has 0 aromatic carbocycles. The third-order valence-corrected chi connectivity index (χ3v) is 2.52. The van der Waals surface area contributed by atoms with Crippen molar-refractivity contribution >= 4 is 11.8 Å². The van der Waals surface area contributed by atoms with Crippen LogP contribution >= 0.6 is 0 Å². The van der Waals surface area contributed by atoms with Gasteiger partial charge in [0.25, 0.3) is 0 Å². The van der Waals surface area contributed by atoms with Crippen LogP contribution in [0.5, 0.6) is 0 Å². The second kappa shape index (κ2) is 5.70. The van der Waals surface area contributed by atoms with Crippen LogP contribution in [-0.4, -0.2) is 49.4 Å². The maximum Gasteiger partial charge on any atom is 0.244 e. The molecule has 1 atom stereocenters. The van der Waals surface area contributed by atoms with Gasteiger partial charge in [-0.15, -0.1) is 0 Å². The van der Waals surface area contributed by atoms with Gasteiger partial charge < -0.3 is 15.5 Å². The fourth-order valence-corrected chi connectivity index (χ4v) is 1.66. The van der Waals surface area contributed by atoms with Crippen molar-refractivity contribution in [3.05, 3.63) is 0 Å². The minimum absolute atomic E-state index is 0.0250. The monoisotopic (exact) mass is 213 g/mol. The van der Waals surface area contributed by atoms with Gasteiger partial charge >= 0.3 is 0 Å². The fourth-order valence-electron chi connectivity index (χ4n) is 1.66. The number of carbonyl (C=O) groups excluding carboxylic acids is 2. The zero-order valence-corrected chi connectivity index (χ0v) is 9.38. The van der Waals surface area contributed by atoms with E-state index in [0.717, 1.165) is 19.5 Å². The van der Waals surface area contributed by atoms with Crippen molar-refractivity contribution in [3.63, 3.8) is 0 Å². The molecule has 5 nitrogen and oxygen atoms in total. The van der Waals surface area contributed by atoms with Gasteiger partial charge in [-0.1, -0.05) is 0 Å². The van der Waals surface area contributed by atoms with Crippen LogP contribution in [0.1, 0.15) is 19.8 Å². The van der Waals surface area contributed by atoms with Gasteiger partial charge in [0.05, 0.1) is 0 Å². The molecule has 0 spiro atoms. The lowest BCUT2D eigenvalue weighted by atomic mass is 10.3. The molecular weight excluding hydrogens is 194 g/mol. The van der Waals surface area contributed by atoms with E-state index < -0.39 is 0 Å². The number of rotatable bonds is 4. The Balaban J connectivity index is 2.47. The number of nitrogens with zero attached hydrogens (tertiary/aromatic N) is 1. The van der Waals surface area contributed by atoms with Crippen LogP contribution in [0.2, 0.25) is 0 Å². The Labute approximate surface area is 90.2 Å². The van der Waals surface area contributed by atoms with E-state index in [4.69, 9.17) is 0 Å². The van der Waals surface area contributed by atoms with Crippen molar-refractivity contribution in [1.29, 1.82) is 0 Å².